The lowest BCUT2D eigenvalue weighted by Crippen LogP contribution is -2.10. The van der Waals surface area contributed by atoms with Crippen molar-refractivity contribution in [2.45, 2.75) is 0 Å². The molecule has 48 heavy (non-hydrogen) atoms. The van der Waals surface area contributed by atoms with Crippen molar-refractivity contribution in [2.24, 2.45) is 0 Å². The normalized spacial score (nSPS) is 11.3. The minimum Gasteiger partial charge on any atom is -0.456 e. The van der Waals surface area contributed by atoms with Gasteiger partial charge in [0.1, 0.15) is 11.2 Å². The van der Waals surface area contributed by atoms with Crippen molar-refractivity contribution in [2.75, 3.05) is 4.90 Å². The summed E-state index contributed by atoms with van der Waals surface area (Å²) in [6.07, 6.45) is 1.97. The summed E-state index contributed by atoms with van der Waals surface area (Å²) in [7, 11) is 0. The number of anilines is 3. The summed E-state index contributed by atoms with van der Waals surface area (Å²) >= 11 is 0. The molecular formula is C45H30N2O. The average Bonchev–Trinajstić information content (AvgIpc) is 3.56. The van der Waals surface area contributed by atoms with Gasteiger partial charge in [-0.1, -0.05) is 133 Å². The number of hydrogen-bond acceptors (Lipinski definition) is 3. The Morgan fingerprint density at radius 3 is 1.73 bits per heavy atom. The van der Waals surface area contributed by atoms with Gasteiger partial charge in [0.25, 0.3) is 0 Å². The zero-order valence-corrected chi connectivity index (χ0v) is 26.1. The van der Waals surface area contributed by atoms with Gasteiger partial charge >= 0.3 is 0 Å². The molecule has 226 valence electrons. The number of para-hydroxylation sites is 1. The minimum atomic E-state index is 0.849. The highest BCUT2D eigenvalue weighted by molar-refractivity contribution is 6.25. The standard InChI is InChI=1S/C45H30N2O/c1-4-13-31(14-5-1)32-23-26-36(27-24-32)47(35-17-8-3-9-18-35)41-29-43-45(39-20-11-10-19-38(39)41)44-37(21-12-22-42(44)48-43)34-25-28-40(46-30-34)33-15-6-2-7-16-33/h1-30H. The Morgan fingerprint density at radius 1 is 0.417 bits per heavy atom. The van der Waals surface area contributed by atoms with Crippen LogP contribution in [0.3, 0.4) is 0 Å². The van der Waals surface area contributed by atoms with Crippen LogP contribution in [0.1, 0.15) is 0 Å². The Balaban J connectivity index is 1.23. The van der Waals surface area contributed by atoms with Crippen molar-refractivity contribution in [1.29, 1.82) is 0 Å². The molecule has 0 saturated heterocycles. The summed E-state index contributed by atoms with van der Waals surface area (Å²) in [4.78, 5) is 7.18. The van der Waals surface area contributed by atoms with Gasteiger partial charge in [0.15, 0.2) is 0 Å². The number of furan rings is 1. The molecule has 3 heteroatoms. The van der Waals surface area contributed by atoms with Gasteiger partial charge in [0.05, 0.1) is 11.4 Å². The van der Waals surface area contributed by atoms with Crippen molar-refractivity contribution in [3.8, 4) is 33.5 Å². The molecule has 9 aromatic rings. The summed E-state index contributed by atoms with van der Waals surface area (Å²) < 4.78 is 6.71. The quantitative estimate of drug-likeness (QED) is 0.187. The molecule has 2 heterocycles. The van der Waals surface area contributed by atoms with Crippen molar-refractivity contribution < 1.29 is 4.42 Å². The van der Waals surface area contributed by atoms with Gasteiger partial charge in [0.2, 0.25) is 0 Å². The highest BCUT2D eigenvalue weighted by Gasteiger charge is 2.21. The molecule has 0 spiro atoms. The van der Waals surface area contributed by atoms with Gasteiger partial charge in [0, 0.05) is 50.9 Å². The Bertz CT molecular complexity index is 2520. The Hall–Kier alpha value is -6.45. The molecule has 0 radical (unpaired) electrons. The molecule has 0 N–H and O–H groups in total. The Kier molecular flexibility index (Phi) is 6.80. The predicted molar refractivity (Wildman–Crippen MR) is 200 cm³/mol. The van der Waals surface area contributed by atoms with Gasteiger partial charge in [-0.15, -0.1) is 0 Å². The van der Waals surface area contributed by atoms with Gasteiger partial charge in [-0.3, -0.25) is 4.98 Å². The second kappa shape index (κ2) is 11.7. The molecule has 2 aromatic heterocycles. The van der Waals surface area contributed by atoms with Crippen LogP contribution in [-0.4, -0.2) is 4.98 Å². The number of rotatable bonds is 6. The molecule has 0 aliphatic rings. The van der Waals surface area contributed by atoms with Crippen molar-refractivity contribution in [1.82, 2.24) is 4.98 Å². The number of nitrogens with zero attached hydrogens (tertiary/aromatic N) is 2. The third kappa shape index (κ3) is 4.81. The minimum absolute atomic E-state index is 0.849. The van der Waals surface area contributed by atoms with E-state index in [-0.39, 0.29) is 0 Å². The van der Waals surface area contributed by atoms with E-state index in [1.54, 1.807) is 0 Å². The first-order chi connectivity index (χ1) is 23.8. The summed E-state index contributed by atoms with van der Waals surface area (Å²) in [6.45, 7) is 0. The monoisotopic (exact) mass is 614 g/mol. The van der Waals surface area contributed by atoms with Crippen molar-refractivity contribution in [3.05, 3.63) is 182 Å². The van der Waals surface area contributed by atoms with E-state index in [1.165, 1.54) is 11.1 Å². The average molecular weight is 615 g/mol. The van der Waals surface area contributed by atoms with E-state index in [4.69, 9.17) is 9.40 Å². The van der Waals surface area contributed by atoms with Crippen molar-refractivity contribution in [3.63, 3.8) is 0 Å². The molecule has 0 saturated carbocycles. The first-order valence-corrected chi connectivity index (χ1v) is 16.2. The lowest BCUT2D eigenvalue weighted by atomic mass is 9.96. The molecule has 0 unspecified atom stereocenters. The van der Waals surface area contributed by atoms with Crippen LogP contribution in [0.15, 0.2) is 187 Å². The zero-order chi connectivity index (χ0) is 31.9. The van der Waals surface area contributed by atoms with Crippen LogP contribution in [0.2, 0.25) is 0 Å². The maximum absolute atomic E-state index is 6.71. The third-order valence-electron chi connectivity index (χ3n) is 9.11. The third-order valence-corrected chi connectivity index (χ3v) is 9.11. The summed E-state index contributed by atoms with van der Waals surface area (Å²) in [5, 5.41) is 4.51. The van der Waals surface area contributed by atoms with Gasteiger partial charge in [-0.05, 0) is 58.5 Å². The molecule has 3 nitrogen and oxygen atoms in total. The predicted octanol–water partition coefficient (Wildman–Crippen LogP) is 12.6. The van der Waals surface area contributed by atoms with E-state index in [2.05, 4.69) is 163 Å². The first-order valence-electron chi connectivity index (χ1n) is 16.2. The van der Waals surface area contributed by atoms with E-state index in [1.807, 2.05) is 24.4 Å². The van der Waals surface area contributed by atoms with Gasteiger partial charge in [-0.25, -0.2) is 0 Å². The van der Waals surface area contributed by atoms with Gasteiger partial charge < -0.3 is 9.32 Å². The number of fused-ring (bicyclic) bond motifs is 5. The zero-order valence-electron chi connectivity index (χ0n) is 26.1. The second-order valence-electron chi connectivity index (χ2n) is 12.0. The van der Waals surface area contributed by atoms with E-state index in [0.29, 0.717) is 0 Å². The van der Waals surface area contributed by atoms with E-state index < -0.39 is 0 Å². The number of pyridine rings is 1. The fourth-order valence-electron chi connectivity index (χ4n) is 6.86. The van der Waals surface area contributed by atoms with Crippen LogP contribution in [0.5, 0.6) is 0 Å². The van der Waals surface area contributed by atoms with E-state index in [9.17, 15) is 0 Å². The van der Waals surface area contributed by atoms with E-state index >= 15 is 0 Å². The largest absolute Gasteiger partial charge is 0.456 e. The van der Waals surface area contributed by atoms with Crippen LogP contribution in [-0.2, 0) is 0 Å². The van der Waals surface area contributed by atoms with Crippen LogP contribution in [0.25, 0.3) is 66.2 Å². The molecule has 0 aliphatic carbocycles. The van der Waals surface area contributed by atoms with Crippen LogP contribution in [0, 0.1) is 0 Å². The second-order valence-corrected chi connectivity index (χ2v) is 12.0. The summed E-state index contributed by atoms with van der Waals surface area (Å²) in [5.74, 6) is 0. The Morgan fingerprint density at radius 2 is 1.02 bits per heavy atom. The molecule has 0 bridgehead atoms. The SMILES string of the molecule is c1ccc(-c2ccc(N(c3ccccc3)c3cc4oc5cccc(-c6ccc(-c7ccccc7)nc6)c5c4c4ccccc34)cc2)cc1. The lowest BCUT2D eigenvalue weighted by molar-refractivity contribution is 0.669. The molecule has 0 aliphatic heterocycles. The van der Waals surface area contributed by atoms with Crippen LogP contribution in [0.4, 0.5) is 17.1 Å². The molecule has 0 amide bonds. The topological polar surface area (TPSA) is 29.3 Å². The smallest absolute Gasteiger partial charge is 0.138 e. The Labute approximate surface area is 279 Å². The maximum Gasteiger partial charge on any atom is 0.138 e. The fraction of sp³-hybridized carbons (Fsp3) is 0. The van der Waals surface area contributed by atoms with Gasteiger partial charge in [-0.2, -0.15) is 0 Å². The highest BCUT2D eigenvalue weighted by atomic mass is 16.3. The molecule has 0 fully saturated rings. The highest BCUT2D eigenvalue weighted by Crippen LogP contribution is 2.46. The van der Waals surface area contributed by atoms with Crippen molar-refractivity contribution >= 4 is 49.8 Å². The lowest BCUT2D eigenvalue weighted by Gasteiger charge is -2.27. The number of benzene rings is 7. The maximum atomic E-state index is 6.71. The summed E-state index contributed by atoms with van der Waals surface area (Å²) in [5.41, 5.74) is 11.5. The van der Waals surface area contributed by atoms with Crippen LogP contribution < -0.4 is 4.90 Å². The molecular weight excluding hydrogens is 585 g/mol. The summed E-state index contributed by atoms with van der Waals surface area (Å²) in [6, 6.07) is 61.6. The molecule has 0 atom stereocenters. The number of aromatic nitrogens is 1. The van der Waals surface area contributed by atoms with Crippen LogP contribution >= 0.6 is 0 Å². The first kappa shape index (κ1) is 27.8. The van der Waals surface area contributed by atoms with E-state index in [0.717, 1.165) is 72.2 Å². The fourth-order valence-corrected chi connectivity index (χ4v) is 6.86. The molecule has 7 aromatic carbocycles. The molecule has 9 rings (SSSR count). The number of hydrogen-bond donors (Lipinski definition) is 0.